The molecular formula is C21H34N4O2. The highest BCUT2D eigenvalue weighted by molar-refractivity contribution is 5.79. The van der Waals surface area contributed by atoms with Crippen LogP contribution in [-0.2, 0) is 6.42 Å². The molecule has 0 atom stereocenters. The number of benzene rings is 1. The molecule has 2 aliphatic heterocycles. The van der Waals surface area contributed by atoms with E-state index in [0.29, 0.717) is 6.79 Å². The number of piperidine rings is 1. The van der Waals surface area contributed by atoms with Crippen LogP contribution >= 0.6 is 0 Å². The van der Waals surface area contributed by atoms with Crippen LogP contribution in [0.25, 0.3) is 0 Å². The van der Waals surface area contributed by atoms with Crippen LogP contribution in [0, 0.1) is 0 Å². The van der Waals surface area contributed by atoms with E-state index in [2.05, 4.69) is 32.7 Å². The molecule has 1 aromatic carbocycles. The predicted octanol–water partition coefficient (Wildman–Crippen LogP) is 2.78. The largest absolute Gasteiger partial charge is 0.454 e. The van der Waals surface area contributed by atoms with Gasteiger partial charge in [-0.1, -0.05) is 18.9 Å². The van der Waals surface area contributed by atoms with Crippen LogP contribution in [-0.4, -0.2) is 57.4 Å². The van der Waals surface area contributed by atoms with Crippen molar-refractivity contribution in [1.82, 2.24) is 15.5 Å². The smallest absolute Gasteiger partial charge is 0.231 e. The number of guanidine groups is 1. The second kappa shape index (κ2) is 11.0. The first-order chi connectivity index (χ1) is 13.3. The maximum Gasteiger partial charge on any atom is 0.231 e. The zero-order valence-corrected chi connectivity index (χ0v) is 16.6. The summed E-state index contributed by atoms with van der Waals surface area (Å²) >= 11 is 0. The maximum atomic E-state index is 5.43. The van der Waals surface area contributed by atoms with Gasteiger partial charge >= 0.3 is 0 Å². The van der Waals surface area contributed by atoms with Crippen LogP contribution in [0.3, 0.4) is 0 Å². The van der Waals surface area contributed by atoms with Gasteiger partial charge in [-0.05, 0) is 69.4 Å². The van der Waals surface area contributed by atoms with Crippen molar-refractivity contribution in [1.29, 1.82) is 0 Å². The molecule has 1 saturated heterocycles. The number of fused-ring (bicyclic) bond motifs is 1. The fourth-order valence-corrected chi connectivity index (χ4v) is 3.67. The molecule has 0 aliphatic carbocycles. The van der Waals surface area contributed by atoms with Crippen LogP contribution < -0.4 is 20.1 Å². The molecule has 2 heterocycles. The Kier molecular flexibility index (Phi) is 8.08. The van der Waals surface area contributed by atoms with Gasteiger partial charge in [0.05, 0.1) is 0 Å². The first-order valence-corrected chi connectivity index (χ1v) is 10.4. The van der Waals surface area contributed by atoms with Gasteiger partial charge in [0.2, 0.25) is 6.79 Å². The Labute approximate surface area is 163 Å². The van der Waals surface area contributed by atoms with Gasteiger partial charge in [-0.15, -0.1) is 0 Å². The Morgan fingerprint density at radius 2 is 1.81 bits per heavy atom. The van der Waals surface area contributed by atoms with Crippen molar-refractivity contribution < 1.29 is 9.47 Å². The van der Waals surface area contributed by atoms with Crippen LogP contribution in [0.1, 0.15) is 44.1 Å². The lowest BCUT2D eigenvalue weighted by Gasteiger charge is -2.26. The maximum absolute atomic E-state index is 5.43. The van der Waals surface area contributed by atoms with Gasteiger partial charge in [0.15, 0.2) is 17.5 Å². The molecule has 150 valence electrons. The first kappa shape index (κ1) is 19.8. The molecule has 6 heteroatoms. The van der Waals surface area contributed by atoms with Gasteiger partial charge in [-0.25, -0.2) is 0 Å². The summed E-state index contributed by atoms with van der Waals surface area (Å²) in [4.78, 5) is 6.93. The van der Waals surface area contributed by atoms with E-state index in [4.69, 9.17) is 9.47 Å². The van der Waals surface area contributed by atoms with Crippen molar-refractivity contribution in [3.8, 4) is 11.5 Å². The summed E-state index contributed by atoms with van der Waals surface area (Å²) in [6.45, 7) is 6.02. The molecule has 2 aliphatic rings. The fraction of sp³-hybridized carbons (Fsp3) is 0.667. The number of nitrogens with zero attached hydrogens (tertiary/aromatic N) is 2. The van der Waals surface area contributed by atoms with Crippen molar-refractivity contribution in [3.05, 3.63) is 23.8 Å². The number of unbranched alkanes of at least 4 members (excludes halogenated alkanes) is 2. The lowest BCUT2D eigenvalue weighted by molar-refractivity contribution is 0.174. The Morgan fingerprint density at radius 3 is 2.67 bits per heavy atom. The zero-order chi connectivity index (χ0) is 18.7. The van der Waals surface area contributed by atoms with E-state index in [0.717, 1.165) is 37.0 Å². The van der Waals surface area contributed by atoms with E-state index in [1.165, 1.54) is 63.7 Å². The Bertz CT molecular complexity index is 600. The second-order valence-corrected chi connectivity index (χ2v) is 7.33. The number of hydrogen-bond donors (Lipinski definition) is 2. The summed E-state index contributed by atoms with van der Waals surface area (Å²) in [5.41, 5.74) is 1.24. The van der Waals surface area contributed by atoms with Gasteiger partial charge in [0, 0.05) is 20.1 Å². The molecule has 0 radical (unpaired) electrons. The summed E-state index contributed by atoms with van der Waals surface area (Å²) in [5.74, 6) is 2.57. The lowest BCUT2D eigenvalue weighted by Crippen LogP contribution is -2.38. The standard InChI is InChI=1S/C21H34N4O2/c1-22-21(23-11-4-2-5-13-25-14-6-3-7-15-25)24-12-10-18-8-9-19-20(16-18)27-17-26-19/h8-9,16H,2-7,10-15,17H2,1H3,(H2,22,23,24). The molecule has 0 aromatic heterocycles. The molecule has 0 unspecified atom stereocenters. The molecule has 2 N–H and O–H groups in total. The monoisotopic (exact) mass is 374 g/mol. The van der Waals surface area contributed by atoms with E-state index >= 15 is 0 Å². The molecule has 0 bridgehead atoms. The van der Waals surface area contributed by atoms with Gasteiger partial charge in [-0.2, -0.15) is 0 Å². The topological polar surface area (TPSA) is 58.1 Å². The third-order valence-corrected chi connectivity index (χ3v) is 5.26. The molecule has 1 fully saturated rings. The fourth-order valence-electron chi connectivity index (χ4n) is 3.67. The normalized spacial score (nSPS) is 17.1. The van der Waals surface area contributed by atoms with E-state index < -0.39 is 0 Å². The Balaban J connectivity index is 1.24. The van der Waals surface area contributed by atoms with Crippen molar-refractivity contribution >= 4 is 5.96 Å². The molecule has 27 heavy (non-hydrogen) atoms. The summed E-state index contributed by atoms with van der Waals surface area (Å²) in [5, 5.41) is 6.80. The number of ether oxygens (including phenoxy) is 2. The summed E-state index contributed by atoms with van der Waals surface area (Å²) < 4.78 is 10.8. The van der Waals surface area contributed by atoms with Gasteiger partial charge in [0.25, 0.3) is 0 Å². The van der Waals surface area contributed by atoms with Crippen LogP contribution in [0.5, 0.6) is 11.5 Å². The highest BCUT2D eigenvalue weighted by Crippen LogP contribution is 2.32. The van der Waals surface area contributed by atoms with E-state index in [-0.39, 0.29) is 0 Å². The average Bonchev–Trinajstić information content (AvgIpc) is 3.18. The third kappa shape index (κ3) is 6.61. The van der Waals surface area contributed by atoms with Crippen molar-refractivity contribution in [2.45, 2.75) is 44.9 Å². The SMILES string of the molecule is CN=C(NCCCCCN1CCCCC1)NCCc1ccc2c(c1)OCO2. The van der Waals surface area contributed by atoms with Crippen molar-refractivity contribution in [2.24, 2.45) is 4.99 Å². The summed E-state index contributed by atoms with van der Waals surface area (Å²) in [7, 11) is 1.83. The van der Waals surface area contributed by atoms with Crippen molar-refractivity contribution in [2.75, 3.05) is 46.6 Å². The highest BCUT2D eigenvalue weighted by Gasteiger charge is 2.13. The minimum absolute atomic E-state index is 0.325. The number of likely N-dealkylation sites (tertiary alicyclic amines) is 1. The van der Waals surface area contributed by atoms with Gasteiger partial charge in [-0.3, -0.25) is 4.99 Å². The summed E-state index contributed by atoms with van der Waals surface area (Å²) in [6, 6.07) is 6.13. The summed E-state index contributed by atoms with van der Waals surface area (Å²) in [6.07, 6.45) is 8.88. The van der Waals surface area contributed by atoms with Crippen LogP contribution in [0.4, 0.5) is 0 Å². The van der Waals surface area contributed by atoms with E-state index in [1.54, 1.807) is 0 Å². The van der Waals surface area contributed by atoms with Crippen molar-refractivity contribution in [3.63, 3.8) is 0 Å². The lowest BCUT2D eigenvalue weighted by atomic mass is 10.1. The van der Waals surface area contributed by atoms with E-state index in [1.807, 2.05) is 13.1 Å². The van der Waals surface area contributed by atoms with Crippen LogP contribution in [0.15, 0.2) is 23.2 Å². The second-order valence-electron chi connectivity index (χ2n) is 7.33. The van der Waals surface area contributed by atoms with E-state index in [9.17, 15) is 0 Å². The Morgan fingerprint density at radius 1 is 1.00 bits per heavy atom. The van der Waals surface area contributed by atoms with Gasteiger partial charge < -0.3 is 25.0 Å². The average molecular weight is 375 g/mol. The molecule has 0 amide bonds. The molecule has 6 nitrogen and oxygen atoms in total. The van der Waals surface area contributed by atoms with Gasteiger partial charge in [0.1, 0.15) is 0 Å². The predicted molar refractivity (Wildman–Crippen MR) is 110 cm³/mol. The molecule has 0 saturated carbocycles. The Hall–Kier alpha value is -1.95. The molecule has 0 spiro atoms. The number of aliphatic imine (C=N–C) groups is 1. The molecular weight excluding hydrogens is 340 g/mol. The molecule has 3 rings (SSSR count). The third-order valence-electron chi connectivity index (χ3n) is 5.26. The zero-order valence-electron chi connectivity index (χ0n) is 16.6. The number of nitrogens with one attached hydrogen (secondary N) is 2. The highest BCUT2D eigenvalue weighted by atomic mass is 16.7. The first-order valence-electron chi connectivity index (χ1n) is 10.4. The number of rotatable bonds is 9. The van der Waals surface area contributed by atoms with Crippen LogP contribution in [0.2, 0.25) is 0 Å². The minimum Gasteiger partial charge on any atom is -0.454 e. The quantitative estimate of drug-likeness (QED) is 0.395. The minimum atomic E-state index is 0.325. The number of hydrogen-bond acceptors (Lipinski definition) is 4. The molecule has 1 aromatic rings.